The third-order valence-corrected chi connectivity index (χ3v) is 4.32. The van der Waals surface area contributed by atoms with Gasteiger partial charge >= 0.3 is 0 Å². The number of nitrogens with zero attached hydrogens (tertiary/aromatic N) is 3. The molecule has 0 spiro atoms. The fraction of sp³-hybridized carbons (Fsp3) is 0.444. The summed E-state index contributed by atoms with van der Waals surface area (Å²) in [6.45, 7) is 5.16. The minimum atomic E-state index is 0.116. The van der Waals surface area contributed by atoms with Crippen molar-refractivity contribution in [2.24, 2.45) is 5.92 Å². The summed E-state index contributed by atoms with van der Waals surface area (Å²) >= 11 is 0. The van der Waals surface area contributed by atoms with Crippen molar-refractivity contribution in [3.63, 3.8) is 0 Å². The fourth-order valence-electron chi connectivity index (χ4n) is 3.03. The van der Waals surface area contributed by atoms with E-state index in [1.165, 1.54) is 0 Å². The van der Waals surface area contributed by atoms with E-state index >= 15 is 0 Å². The van der Waals surface area contributed by atoms with Crippen LogP contribution in [0.1, 0.15) is 30.1 Å². The Bertz CT molecular complexity index is 614. The zero-order valence-electron chi connectivity index (χ0n) is 13.5. The second-order valence-corrected chi connectivity index (χ2v) is 5.92. The van der Waals surface area contributed by atoms with E-state index in [1.54, 1.807) is 0 Å². The van der Waals surface area contributed by atoms with Crippen LogP contribution in [0, 0.1) is 5.92 Å². The summed E-state index contributed by atoms with van der Waals surface area (Å²) < 4.78 is 7.40. The van der Waals surface area contributed by atoms with Gasteiger partial charge < -0.3 is 9.64 Å². The molecule has 0 unspecified atom stereocenters. The largest absolute Gasteiger partial charge is 0.494 e. The van der Waals surface area contributed by atoms with E-state index in [9.17, 15) is 4.79 Å². The van der Waals surface area contributed by atoms with Crippen LogP contribution in [0.25, 0.3) is 0 Å². The molecule has 0 N–H and O–H groups in total. The standard InChI is InChI=1S/C18H23N3O2/c1-2-23-17-6-4-16(5-7-17)18(22)20-12-8-15(9-13-20)14-21-11-3-10-19-21/h3-7,10-11,15H,2,8-9,12-14H2,1H3. The van der Waals surface area contributed by atoms with Gasteiger partial charge in [0, 0.05) is 37.6 Å². The summed E-state index contributed by atoms with van der Waals surface area (Å²) in [5.74, 6) is 1.52. The van der Waals surface area contributed by atoms with Crippen LogP contribution in [-0.4, -0.2) is 40.3 Å². The molecule has 2 heterocycles. The molecule has 1 saturated heterocycles. The fourth-order valence-corrected chi connectivity index (χ4v) is 3.03. The Kier molecular flexibility index (Phi) is 4.95. The predicted molar refractivity (Wildman–Crippen MR) is 88.5 cm³/mol. The van der Waals surface area contributed by atoms with Crippen LogP contribution >= 0.6 is 0 Å². The average molecular weight is 313 g/mol. The summed E-state index contributed by atoms with van der Waals surface area (Å²) in [5.41, 5.74) is 0.735. The van der Waals surface area contributed by atoms with Gasteiger partial charge in [-0.05, 0) is 56.0 Å². The second kappa shape index (κ2) is 7.31. The first-order valence-corrected chi connectivity index (χ1v) is 8.26. The number of ether oxygens (including phenoxy) is 1. The van der Waals surface area contributed by atoms with Crippen molar-refractivity contribution < 1.29 is 9.53 Å². The van der Waals surface area contributed by atoms with Crippen molar-refractivity contribution in [3.8, 4) is 5.75 Å². The molecule has 1 aromatic carbocycles. The van der Waals surface area contributed by atoms with Crippen LogP contribution in [0.15, 0.2) is 42.7 Å². The topological polar surface area (TPSA) is 47.4 Å². The number of carbonyl (C=O) groups excluding carboxylic acids is 1. The molecule has 23 heavy (non-hydrogen) atoms. The van der Waals surface area contributed by atoms with Crippen molar-refractivity contribution in [1.82, 2.24) is 14.7 Å². The number of likely N-dealkylation sites (tertiary alicyclic amines) is 1. The van der Waals surface area contributed by atoms with Crippen molar-refractivity contribution in [2.45, 2.75) is 26.3 Å². The van der Waals surface area contributed by atoms with Crippen molar-refractivity contribution >= 4 is 5.91 Å². The summed E-state index contributed by atoms with van der Waals surface area (Å²) in [4.78, 5) is 14.5. The highest BCUT2D eigenvalue weighted by Crippen LogP contribution is 2.21. The Labute approximate surface area is 136 Å². The predicted octanol–water partition coefficient (Wildman–Crippen LogP) is 2.83. The quantitative estimate of drug-likeness (QED) is 0.853. The van der Waals surface area contributed by atoms with Crippen molar-refractivity contribution in [2.75, 3.05) is 19.7 Å². The lowest BCUT2D eigenvalue weighted by Crippen LogP contribution is -2.39. The maximum Gasteiger partial charge on any atom is 0.253 e. The van der Waals surface area contributed by atoms with Crippen LogP contribution in [0.4, 0.5) is 0 Å². The number of hydrogen-bond acceptors (Lipinski definition) is 3. The lowest BCUT2D eigenvalue weighted by molar-refractivity contribution is 0.0681. The molecule has 0 atom stereocenters. The van der Waals surface area contributed by atoms with Gasteiger partial charge in [-0.1, -0.05) is 0 Å². The molecule has 0 radical (unpaired) electrons. The minimum absolute atomic E-state index is 0.116. The van der Waals surface area contributed by atoms with Crippen LogP contribution in [0.3, 0.4) is 0 Å². The number of aromatic nitrogens is 2. The number of benzene rings is 1. The first kappa shape index (κ1) is 15.6. The number of amides is 1. The molecule has 0 bridgehead atoms. The molecular weight excluding hydrogens is 290 g/mol. The maximum atomic E-state index is 12.6. The molecule has 5 heteroatoms. The number of rotatable bonds is 5. The van der Waals surface area contributed by atoms with Gasteiger partial charge in [0.15, 0.2) is 0 Å². The maximum absolute atomic E-state index is 12.6. The van der Waals surface area contributed by atoms with E-state index in [4.69, 9.17) is 4.74 Å². The van der Waals surface area contributed by atoms with Gasteiger partial charge in [0.05, 0.1) is 6.61 Å². The molecule has 1 aromatic heterocycles. The Morgan fingerprint density at radius 3 is 2.61 bits per heavy atom. The smallest absolute Gasteiger partial charge is 0.253 e. The van der Waals surface area contributed by atoms with Crippen LogP contribution in [-0.2, 0) is 6.54 Å². The zero-order chi connectivity index (χ0) is 16.1. The summed E-state index contributed by atoms with van der Waals surface area (Å²) in [7, 11) is 0. The number of piperidine rings is 1. The molecule has 2 aromatic rings. The van der Waals surface area contributed by atoms with E-state index in [-0.39, 0.29) is 5.91 Å². The number of carbonyl (C=O) groups is 1. The van der Waals surface area contributed by atoms with Gasteiger partial charge in [0.25, 0.3) is 5.91 Å². The summed E-state index contributed by atoms with van der Waals surface area (Å²) in [5, 5.41) is 4.26. The summed E-state index contributed by atoms with van der Waals surface area (Å²) in [6, 6.07) is 9.37. The molecule has 0 aliphatic carbocycles. The molecule has 3 rings (SSSR count). The van der Waals surface area contributed by atoms with Gasteiger partial charge in [-0.3, -0.25) is 9.48 Å². The third kappa shape index (κ3) is 3.92. The van der Waals surface area contributed by atoms with Crippen molar-refractivity contribution in [1.29, 1.82) is 0 Å². The average Bonchev–Trinajstić information content (AvgIpc) is 3.09. The first-order chi connectivity index (χ1) is 11.3. The second-order valence-electron chi connectivity index (χ2n) is 5.92. The molecular formula is C18H23N3O2. The van der Waals surface area contributed by atoms with E-state index < -0.39 is 0 Å². The highest BCUT2D eigenvalue weighted by molar-refractivity contribution is 5.94. The van der Waals surface area contributed by atoms with E-state index in [0.717, 1.165) is 43.8 Å². The monoisotopic (exact) mass is 313 g/mol. The summed E-state index contributed by atoms with van der Waals surface area (Å²) in [6.07, 6.45) is 5.87. The van der Waals surface area contributed by atoms with Crippen LogP contribution in [0.2, 0.25) is 0 Å². The Hall–Kier alpha value is -2.30. The van der Waals surface area contributed by atoms with Gasteiger partial charge in [-0.2, -0.15) is 5.10 Å². The van der Waals surface area contributed by atoms with E-state index in [0.29, 0.717) is 12.5 Å². The molecule has 1 fully saturated rings. The Morgan fingerprint density at radius 2 is 2.00 bits per heavy atom. The molecule has 0 saturated carbocycles. The normalized spacial score (nSPS) is 15.6. The zero-order valence-corrected chi connectivity index (χ0v) is 13.5. The minimum Gasteiger partial charge on any atom is -0.494 e. The molecule has 5 nitrogen and oxygen atoms in total. The highest BCUT2D eigenvalue weighted by atomic mass is 16.5. The Balaban J connectivity index is 1.53. The third-order valence-electron chi connectivity index (χ3n) is 4.32. The molecule has 1 aliphatic rings. The lowest BCUT2D eigenvalue weighted by Gasteiger charge is -2.32. The van der Waals surface area contributed by atoms with Crippen LogP contribution < -0.4 is 4.74 Å². The number of hydrogen-bond donors (Lipinski definition) is 0. The highest BCUT2D eigenvalue weighted by Gasteiger charge is 2.23. The molecule has 122 valence electrons. The van der Waals surface area contributed by atoms with E-state index in [2.05, 4.69) is 5.10 Å². The van der Waals surface area contributed by atoms with Gasteiger partial charge in [0.1, 0.15) is 5.75 Å². The molecule has 1 amide bonds. The first-order valence-electron chi connectivity index (χ1n) is 8.26. The molecule has 1 aliphatic heterocycles. The SMILES string of the molecule is CCOc1ccc(C(=O)N2CCC(Cn3cccn3)CC2)cc1. The van der Waals surface area contributed by atoms with Gasteiger partial charge in [-0.25, -0.2) is 0 Å². The van der Waals surface area contributed by atoms with E-state index in [1.807, 2.05) is 59.2 Å². The van der Waals surface area contributed by atoms with Gasteiger partial charge in [-0.15, -0.1) is 0 Å². The Morgan fingerprint density at radius 1 is 1.26 bits per heavy atom. The van der Waals surface area contributed by atoms with Crippen molar-refractivity contribution in [3.05, 3.63) is 48.3 Å². The van der Waals surface area contributed by atoms with Crippen LogP contribution in [0.5, 0.6) is 5.75 Å². The van der Waals surface area contributed by atoms with Gasteiger partial charge in [0.2, 0.25) is 0 Å². The lowest BCUT2D eigenvalue weighted by atomic mass is 9.96.